The summed E-state index contributed by atoms with van der Waals surface area (Å²) in [6.07, 6.45) is 0. The van der Waals surface area contributed by atoms with E-state index in [1.165, 1.54) is 11.8 Å². The van der Waals surface area contributed by atoms with Gasteiger partial charge < -0.3 is 13.7 Å². The summed E-state index contributed by atoms with van der Waals surface area (Å²) in [6, 6.07) is 12.9. The molecule has 0 saturated heterocycles. The molecule has 0 bridgehead atoms. The second-order valence-electron chi connectivity index (χ2n) is 5.35. The molecular formula is C18H14ClN3O3S. The molecule has 6 nitrogen and oxygen atoms in total. The number of aromatic nitrogens is 3. The van der Waals surface area contributed by atoms with Gasteiger partial charge in [-0.3, -0.25) is 0 Å². The van der Waals surface area contributed by atoms with Gasteiger partial charge in [0.25, 0.3) is 5.22 Å². The van der Waals surface area contributed by atoms with Crippen molar-refractivity contribution in [1.29, 1.82) is 0 Å². The van der Waals surface area contributed by atoms with Crippen LogP contribution in [0.15, 0.2) is 56.6 Å². The first-order chi connectivity index (χ1) is 12.7. The Morgan fingerprint density at radius 2 is 1.96 bits per heavy atom. The van der Waals surface area contributed by atoms with Crippen molar-refractivity contribution in [2.75, 3.05) is 6.61 Å². The summed E-state index contributed by atoms with van der Waals surface area (Å²) < 4.78 is 16.4. The number of nitrogens with zero attached hydrogens (tertiary/aromatic N) is 3. The van der Waals surface area contributed by atoms with Crippen LogP contribution in [0.1, 0.15) is 12.8 Å². The third-order valence-corrected chi connectivity index (χ3v) is 4.59. The molecule has 0 unspecified atom stereocenters. The number of fused-ring (bicyclic) bond motifs is 1. The fourth-order valence-electron chi connectivity index (χ4n) is 2.36. The zero-order valence-corrected chi connectivity index (χ0v) is 15.4. The van der Waals surface area contributed by atoms with E-state index in [-0.39, 0.29) is 0 Å². The lowest BCUT2D eigenvalue weighted by Crippen LogP contribution is -1.90. The van der Waals surface area contributed by atoms with Crippen LogP contribution in [0.4, 0.5) is 0 Å². The van der Waals surface area contributed by atoms with Gasteiger partial charge in [-0.15, -0.1) is 0 Å². The van der Waals surface area contributed by atoms with Crippen LogP contribution in [-0.4, -0.2) is 21.7 Å². The molecule has 0 radical (unpaired) electrons. The molecule has 0 aliphatic rings. The van der Waals surface area contributed by atoms with Gasteiger partial charge in [-0.2, -0.15) is 4.98 Å². The van der Waals surface area contributed by atoms with E-state index < -0.39 is 0 Å². The number of oxazole rings is 1. The number of hydrogen-bond acceptors (Lipinski definition) is 7. The van der Waals surface area contributed by atoms with Crippen LogP contribution in [-0.2, 0) is 5.75 Å². The molecule has 0 atom stereocenters. The van der Waals surface area contributed by atoms with E-state index in [0.717, 1.165) is 16.8 Å². The van der Waals surface area contributed by atoms with Crippen molar-refractivity contribution >= 4 is 34.5 Å². The Kier molecular flexibility index (Phi) is 4.81. The van der Waals surface area contributed by atoms with Gasteiger partial charge in [0, 0.05) is 16.7 Å². The normalized spacial score (nSPS) is 11.2. The Balaban J connectivity index is 1.44. The van der Waals surface area contributed by atoms with Crippen LogP contribution in [0.3, 0.4) is 0 Å². The summed E-state index contributed by atoms with van der Waals surface area (Å²) in [5.41, 5.74) is 2.28. The van der Waals surface area contributed by atoms with Gasteiger partial charge in [0.1, 0.15) is 11.3 Å². The van der Waals surface area contributed by atoms with E-state index >= 15 is 0 Å². The molecule has 0 amide bonds. The van der Waals surface area contributed by atoms with E-state index in [9.17, 15) is 0 Å². The van der Waals surface area contributed by atoms with Gasteiger partial charge in [0.15, 0.2) is 5.58 Å². The molecule has 0 saturated carbocycles. The molecule has 132 valence electrons. The minimum Gasteiger partial charge on any atom is -0.494 e. The number of halogens is 1. The van der Waals surface area contributed by atoms with Gasteiger partial charge in [0.2, 0.25) is 11.7 Å². The standard InChI is InChI=1S/C18H14ClN3O3S/c1-2-23-13-6-3-11(4-7-13)17-21-16(25-22-17)10-26-18-20-14-8-5-12(19)9-15(14)24-18/h3-9H,2,10H2,1H3. The fourth-order valence-corrected chi connectivity index (χ4v) is 3.20. The summed E-state index contributed by atoms with van der Waals surface area (Å²) in [5.74, 6) is 2.31. The van der Waals surface area contributed by atoms with Crippen molar-refractivity contribution in [3.63, 3.8) is 0 Å². The SMILES string of the molecule is CCOc1ccc(-c2noc(CSc3nc4ccc(Cl)cc4o3)n2)cc1. The average Bonchev–Trinajstić information content (AvgIpc) is 3.27. The van der Waals surface area contributed by atoms with Crippen molar-refractivity contribution in [3.8, 4) is 17.1 Å². The van der Waals surface area contributed by atoms with E-state index in [0.29, 0.717) is 39.9 Å². The van der Waals surface area contributed by atoms with Crippen molar-refractivity contribution in [3.05, 3.63) is 53.4 Å². The van der Waals surface area contributed by atoms with Gasteiger partial charge in [-0.05, 0) is 43.3 Å². The Hall–Kier alpha value is -2.51. The highest BCUT2D eigenvalue weighted by atomic mass is 35.5. The van der Waals surface area contributed by atoms with E-state index in [1.54, 1.807) is 12.1 Å². The zero-order chi connectivity index (χ0) is 17.9. The molecular weight excluding hydrogens is 374 g/mol. The third kappa shape index (κ3) is 3.68. The van der Waals surface area contributed by atoms with Crippen molar-refractivity contribution in [2.24, 2.45) is 0 Å². The van der Waals surface area contributed by atoms with Crippen LogP contribution in [0.5, 0.6) is 5.75 Å². The highest BCUT2D eigenvalue weighted by Crippen LogP contribution is 2.28. The summed E-state index contributed by atoms with van der Waals surface area (Å²) in [4.78, 5) is 8.80. The van der Waals surface area contributed by atoms with Crippen LogP contribution in [0.25, 0.3) is 22.5 Å². The van der Waals surface area contributed by atoms with Gasteiger partial charge in [0.05, 0.1) is 12.4 Å². The molecule has 2 aromatic carbocycles. The molecule has 0 N–H and O–H groups in total. The molecule has 26 heavy (non-hydrogen) atoms. The fraction of sp³-hybridized carbons (Fsp3) is 0.167. The van der Waals surface area contributed by atoms with E-state index in [1.807, 2.05) is 37.3 Å². The van der Waals surface area contributed by atoms with Crippen LogP contribution in [0, 0.1) is 0 Å². The molecule has 2 aromatic heterocycles. The topological polar surface area (TPSA) is 74.2 Å². The highest BCUT2D eigenvalue weighted by Gasteiger charge is 2.12. The first-order valence-electron chi connectivity index (χ1n) is 7.96. The lowest BCUT2D eigenvalue weighted by atomic mass is 10.2. The number of benzene rings is 2. The maximum Gasteiger partial charge on any atom is 0.257 e. The quantitative estimate of drug-likeness (QED) is 0.420. The summed E-state index contributed by atoms with van der Waals surface area (Å²) in [6.45, 7) is 2.58. The molecule has 0 aliphatic carbocycles. The predicted molar refractivity (Wildman–Crippen MR) is 99.5 cm³/mol. The molecule has 8 heteroatoms. The third-order valence-electron chi connectivity index (χ3n) is 3.54. The molecule has 2 heterocycles. The van der Waals surface area contributed by atoms with Crippen LogP contribution < -0.4 is 4.74 Å². The summed E-state index contributed by atoms with van der Waals surface area (Å²) >= 11 is 7.34. The van der Waals surface area contributed by atoms with Crippen molar-refractivity contribution in [1.82, 2.24) is 15.1 Å². The van der Waals surface area contributed by atoms with Crippen LogP contribution in [0.2, 0.25) is 5.02 Å². The van der Waals surface area contributed by atoms with Crippen LogP contribution >= 0.6 is 23.4 Å². The summed E-state index contributed by atoms with van der Waals surface area (Å²) in [7, 11) is 0. The molecule has 0 aliphatic heterocycles. The lowest BCUT2D eigenvalue weighted by molar-refractivity contribution is 0.340. The summed E-state index contributed by atoms with van der Waals surface area (Å²) in [5, 5.41) is 5.16. The van der Waals surface area contributed by atoms with E-state index in [2.05, 4.69) is 15.1 Å². The first-order valence-corrected chi connectivity index (χ1v) is 9.32. The monoisotopic (exact) mass is 387 g/mol. The van der Waals surface area contributed by atoms with E-state index in [4.69, 9.17) is 25.3 Å². The van der Waals surface area contributed by atoms with Gasteiger partial charge in [-0.25, -0.2) is 4.98 Å². The molecule has 0 spiro atoms. The number of rotatable bonds is 6. The Morgan fingerprint density at radius 3 is 2.77 bits per heavy atom. The van der Waals surface area contributed by atoms with Crippen molar-refractivity contribution in [2.45, 2.75) is 17.9 Å². The minimum atomic E-state index is 0.463. The lowest BCUT2D eigenvalue weighted by Gasteiger charge is -2.02. The second kappa shape index (κ2) is 7.39. The highest BCUT2D eigenvalue weighted by molar-refractivity contribution is 7.98. The maximum atomic E-state index is 5.95. The van der Waals surface area contributed by atoms with Gasteiger partial charge in [-0.1, -0.05) is 28.5 Å². The average molecular weight is 388 g/mol. The van der Waals surface area contributed by atoms with Gasteiger partial charge >= 0.3 is 0 Å². The number of hydrogen-bond donors (Lipinski definition) is 0. The minimum absolute atomic E-state index is 0.463. The predicted octanol–water partition coefficient (Wildman–Crippen LogP) is 5.22. The zero-order valence-electron chi connectivity index (χ0n) is 13.8. The number of thioether (sulfide) groups is 1. The molecule has 0 fully saturated rings. The Bertz CT molecular complexity index is 1030. The molecule has 4 aromatic rings. The Labute approximate surface area is 158 Å². The first kappa shape index (κ1) is 16.9. The maximum absolute atomic E-state index is 5.95. The van der Waals surface area contributed by atoms with Crippen molar-refractivity contribution < 1.29 is 13.7 Å². The Morgan fingerprint density at radius 1 is 1.12 bits per heavy atom. The molecule has 4 rings (SSSR count). The smallest absolute Gasteiger partial charge is 0.257 e. The number of ether oxygens (including phenoxy) is 1. The largest absolute Gasteiger partial charge is 0.494 e. The second-order valence-corrected chi connectivity index (χ2v) is 6.71.